The molecule has 4 aliphatic carbocycles. The fourth-order valence-corrected chi connectivity index (χ4v) is 4.32. The number of allylic oxidation sites excluding steroid dienone is 12. The normalized spacial score (nSPS) is 29.9. The highest BCUT2D eigenvalue weighted by Crippen LogP contribution is 2.54. The Kier molecular flexibility index (Phi) is 2.42. The fraction of sp³-hybridized carbons (Fsp3) is 0.400. The van der Waals surface area contributed by atoms with Crippen LogP contribution in [-0.4, -0.2) is 0 Å². The molecule has 0 aliphatic heterocycles. The van der Waals surface area contributed by atoms with Crippen molar-refractivity contribution in [1.82, 2.24) is 0 Å². The predicted molar refractivity (Wildman–Crippen MR) is 85.3 cm³/mol. The molecule has 0 aromatic carbocycles. The molecule has 0 heterocycles. The lowest BCUT2D eigenvalue weighted by Gasteiger charge is -2.26. The summed E-state index contributed by atoms with van der Waals surface area (Å²) in [6.07, 6.45) is 17.5. The van der Waals surface area contributed by atoms with Crippen molar-refractivity contribution in [1.29, 1.82) is 0 Å². The Hall–Kier alpha value is -1.56. The Morgan fingerprint density at radius 1 is 1.05 bits per heavy atom. The fourth-order valence-electron chi connectivity index (χ4n) is 4.32. The molecule has 1 unspecified atom stereocenters. The summed E-state index contributed by atoms with van der Waals surface area (Å²) in [5.74, 6) is 0.616. The second-order valence-corrected chi connectivity index (χ2v) is 7.50. The quantitative estimate of drug-likeness (QED) is 0.546. The third-order valence-electron chi connectivity index (χ3n) is 5.04. The van der Waals surface area contributed by atoms with Gasteiger partial charge in [-0.05, 0) is 59.5 Å². The summed E-state index contributed by atoms with van der Waals surface area (Å²) in [5.41, 5.74) is 9.84. The van der Waals surface area contributed by atoms with Crippen molar-refractivity contribution < 1.29 is 0 Å². The van der Waals surface area contributed by atoms with Gasteiger partial charge in [-0.1, -0.05) is 55.9 Å². The number of fused-ring (bicyclic) bond motifs is 1. The first-order valence-corrected chi connectivity index (χ1v) is 7.74. The minimum absolute atomic E-state index is 0.428. The van der Waals surface area contributed by atoms with Crippen LogP contribution in [-0.2, 0) is 0 Å². The molecule has 0 radical (unpaired) electrons. The molecule has 0 saturated heterocycles. The SMILES string of the molecule is CC1=CC2=CC3=C(CC(C)(C)C3)C(=C3C=CC=C3)C2C1. The molecule has 0 bridgehead atoms. The maximum atomic E-state index is 2.50. The third-order valence-corrected chi connectivity index (χ3v) is 5.04. The van der Waals surface area contributed by atoms with E-state index < -0.39 is 0 Å². The first kappa shape index (κ1) is 12.2. The van der Waals surface area contributed by atoms with E-state index in [-0.39, 0.29) is 0 Å². The molecule has 4 aliphatic rings. The van der Waals surface area contributed by atoms with Crippen molar-refractivity contribution in [2.24, 2.45) is 11.3 Å². The van der Waals surface area contributed by atoms with Crippen LogP contribution in [0.25, 0.3) is 0 Å². The molecule has 102 valence electrons. The summed E-state index contributed by atoms with van der Waals surface area (Å²) >= 11 is 0. The molecule has 0 nitrogen and oxygen atoms in total. The van der Waals surface area contributed by atoms with E-state index in [0.29, 0.717) is 11.3 Å². The average molecular weight is 262 g/mol. The van der Waals surface area contributed by atoms with Gasteiger partial charge < -0.3 is 0 Å². The molecule has 0 fully saturated rings. The van der Waals surface area contributed by atoms with Gasteiger partial charge in [0.2, 0.25) is 0 Å². The van der Waals surface area contributed by atoms with Gasteiger partial charge in [0.25, 0.3) is 0 Å². The molecule has 0 spiro atoms. The third kappa shape index (κ3) is 1.74. The van der Waals surface area contributed by atoms with Crippen molar-refractivity contribution in [3.8, 4) is 0 Å². The van der Waals surface area contributed by atoms with E-state index in [1.165, 1.54) is 30.4 Å². The summed E-state index contributed by atoms with van der Waals surface area (Å²) in [7, 11) is 0. The number of hydrogen-bond acceptors (Lipinski definition) is 0. The average Bonchev–Trinajstić information content (AvgIpc) is 3.02. The zero-order chi connectivity index (χ0) is 13.9. The highest BCUT2D eigenvalue weighted by Gasteiger charge is 2.39. The molecule has 0 aromatic heterocycles. The predicted octanol–water partition coefficient (Wildman–Crippen LogP) is 5.43. The largest absolute Gasteiger partial charge is 0.0721 e. The lowest BCUT2D eigenvalue weighted by Crippen LogP contribution is -2.12. The number of hydrogen-bond donors (Lipinski definition) is 0. The van der Waals surface area contributed by atoms with Gasteiger partial charge in [-0.3, -0.25) is 0 Å². The second kappa shape index (κ2) is 3.97. The zero-order valence-electron chi connectivity index (χ0n) is 12.7. The highest BCUT2D eigenvalue weighted by atomic mass is 14.4. The summed E-state index contributed by atoms with van der Waals surface area (Å²) < 4.78 is 0. The molecule has 0 heteroatoms. The summed E-state index contributed by atoms with van der Waals surface area (Å²) in [5, 5.41) is 0. The van der Waals surface area contributed by atoms with E-state index in [4.69, 9.17) is 0 Å². The lowest BCUT2D eigenvalue weighted by molar-refractivity contribution is 0.391. The van der Waals surface area contributed by atoms with Gasteiger partial charge in [0.1, 0.15) is 0 Å². The van der Waals surface area contributed by atoms with E-state index in [1.807, 2.05) is 0 Å². The van der Waals surface area contributed by atoms with Crippen molar-refractivity contribution in [2.75, 3.05) is 0 Å². The van der Waals surface area contributed by atoms with E-state index >= 15 is 0 Å². The molecule has 20 heavy (non-hydrogen) atoms. The Labute approximate surface area is 122 Å². The van der Waals surface area contributed by atoms with Crippen LogP contribution in [0.4, 0.5) is 0 Å². The van der Waals surface area contributed by atoms with Crippen LogP contribution in [0.3, 0.4) is 0 Å². The Bertz CT molecular complexity index is 655. The van der Waals surface area contributed by atoms with Crippen LogP contribution in [0.15, 0.2) is 69.9 Å². The first-order chi connectivity index (χ1) is 9.53. The zero-order valence-corrected chi connectivity index (χ0v) is 12.7. The Morgan fingerprint density at radius 2 is 1.80 bits per heavy atom. The number of rotatable bonds is 0. The highest BCUT2D eigenvalue weighted by molar-refractivity contribution is 5.63. The van der Waals surface area contributed by atoms with E-state index in [9.17, 15) is 0 Å². The topological polar surface area (TPSA) is 0 Å². The summed E-state index contributed by atoms with van der Waals surface area (Å²) in [4.78, 5) is 0. The maximum Gasteiger partial charge on any atom is 0.0135 e. The Morgan fingerprint density at radius 3 is 2.55 bits per heavy atom. The Balaban J connectivity index is 1.90. The van der Waals surface area contributed by atoms with Crippen molar-refractivity contribution in [3.05, 3.63) is 69.9 Å². The van der Waals surface area contributed by atoms with Gasteiger partial charge in [0.05, 0.1) is 0 Å². The van der Waals surface area contributed by atoms with Crippen LogP contribution >= 0.6 is 0 Å². The van der Waals surface area contributed by atoms with Gasteiger partial charge >= 0.3 is 0 Å². The van der Waals surface area contributed by atoms with Crippen molar-refractivity contribution in [2.45, 2.75) is 40.0 Å². The molecule has 0 saturated carbocycles. The van der Waals surface area contributed by atoms with Crippen LogP contribution in [0.5, 0.6) is 0 Å². The molecule has 0 amide bonds. The molecule has 1 atom stereocenters. The van der Waals surface area contributed by atoms with Crippen LogP contribution in [0, 0.1) is 11.3 Å². The molecule has 0 aromatic rings. The van der Waals surface area contributed by atoms with Crippen LogP contribution in [0.2, 0.25) is 0 Å². The molecular formula is C20H22. The van der Waals surface area contributed by atoms with Crippen molar-refractivity contribution >= 4 is 0 Å². The minimum atomic E-state index is 0.428. The van der Waals surface area contributed by atoms with Gasteiger partial charge in [0.15, 0.2) is 0 Å². The van der Waals surface area contributed by atoms with Crippen molar-refractivity contribution in [3.63, 3.8) is 0 Å². The second-order valence-electron chi connectivity index (χ2n) is 7.50. The van der Waals surface area contributed by atoms with Crippen LogP contribution in [0.1, 0.15) is 40.0 Å². The van der Waals surface area contributed by atoms with Gasteiger partial charge in [-0.15, -0.1) is 0 Å². The first-order valence-electron chi connectivity index (χ1n) is 7.74. The minimum Gasteiger partial charge on any atom is -0.0721 e. The maximum absolute atomic E-state index is 2.50. The standard InChI is InChI=1S/C20H22/c1-13-8-15-10-16-11-20(2,3)12-18(16)19(17(15)9-13)14-6-4-5-7-14/h4-8,10,17H,9,11-12H2,1-3H3. The monoisotopic (exact) mass is 262 g/mol. The lowest BCUT2D eigenvalue weighted by atomic mass is 9.78. The molecule has 0 N–H and O–H groups in total. The van der Waals surface area contributed by atoms with E-state index in [1.54, 1.807) is 22.3 Å². The molecule has 4 rings (SSSR count). The van der Waals surface area contributed by atoms with Gasteiger partial charge in [-0.2, -0.15) is 0 Å². The van der Waals surface area contributed by atoms with E-state index in [0.717, 1.165) is 0 Å². The van der Waals surface area contributed by atoms with Gasteiger partial charge in [-0.25, -0.2) is 0 Å². The molecular weight excluding hydrogens is 240 g/mol. The van der Waals surface area contributed by atoms with Crippen LogP contribution < -0.4 is 0 Å². The summed E-state index contributed by atoms with van der Waals surface area (Å²) in [6, 6.07) is 0. The summed E-state index contributed by atoms with van der Waals surface area (Å²) in [6.45, 7) is 7.09. The smallest absolute Gasteiger partial charge is 0.0135 e. The van der Waals surface area contributed by atoms with Gasteiger partial charge in [0, 0.05) is 5.92 Å². The van der Waals surface area contributed by atoms with E-state index in [2.05, 4.69) is 57.2 Å².